The molecule has 1 unspecified atom stereocenters. The highest BCUT2D eigenvalue weighted by Crippen LogP contribution is 2.16. The second-order valence-corrected chi connectivity index (χ2v) is 5.47. The minimum atomic E-state index is -0.857. The van der Waals surface area contributed by atoms with E-state index >= 15 is 0 Å². The largest absolute Gasteiger partial charge is 0.323 e. The molecule has 2 nitrogen and oxygen atoms in total. The van der Waals surface area contributed by atoms with E-state index in [0.29, 0.717) is 12.1 Å². The van der Waals surface area contributed by atoms with Gasteiger partial charge in [-0.25, -0.2) is 8.78 Å². The minimum Gasteiger partial charge on any atom is -0.323 e. The van der Waals surface area contributed by atoms with Gasteiger partial charge in [0.15, 0.2) is 11.6 Å². The number of halogens is 2. The van der Waals surface area contributed by atoms with Gasteiger partial charge in [0.2, 0.25) is 0 Å². The van der Waals surface area contributed by atoms with E-state index in [1.54, 1.807) is 0 Å². The Morgan fingerprint density at radius 2 is 1.86 bits per heavy atom. The highest BCUT2D eigenvalue weighted by atomic mass is 19.2. The molecule has 0 radical (unpaired) electrons. The summed E-state index contributed by atoms with van der Waals surface area (Å²) in [5.41, 5.74) is 9.09. The summed E-state index contributed by atoms with van der Waals surface area (Å²) in [6, 6.07) is 11.7. The van der Waals surface area contributed by atoms with E-state index in [9.17, 15) is 8.78 Å². The summed E-state index contributed by atoms with van der Waals surface area (Å²) < 4.78 is 26.1. The first-order valence-corrected chi connectivity index (χ1v) is 6.90. The van der Waals surface area contributed by atoms with Gasteiger partial charge in [0.05, 0.1) is 0 Å². The maximum atomic E-state index is 13.2. The molecule has 0 spiro atoms. The smallest absolute Gasteiger partial charge is 0.159 e. The van der Waals surface area contributed by atoms with Crippen molar-refractivity contribution in [2.45, 2.75) is 19.5 Å². The third-order valence-corrected chi connectivity index (χ3v) is 3.42. The summed E-state index contributed by atoms with van der Waals surface area (Å²) in [5, 5.41) is 0. The fourth-order valence-corrected chi connectivity index (χ4v) is 2.37. The molecule has 2 aromatic rings. The van der Waals surface area contributed by atoms with Crippen molar-refractivity contribution in [2.24, 2.45) is 5.73 Å². The van der Waals surface area contributed by atoms with Crippen molar-refractivity contribution in [1.29, 1.82) is 0 Å². The quantitative estimate of drug-likeness (QED) is 0.914. The van der Waals surface area contributed by atoms with E-state index in [-0.39, 0.29) is 6.04 Å². The lowest BCUT2D eigenvalue weighted by Gasteiger charge is -2.22. The average molecular weight is 290 g/mol. The van der Waals surface area contributed by atoms with E-state index in [2.05, 4.69) is 30.0 Å². The Labute approximate surface area is 124 Å². The van der Waals surface area contributed by atoms with Crippen LogP contribution in [-0.4, -0.2) is 18.5 Å². The highest BCUT2D eigenvalue weighted by molar-refractivity contribution is 5.23. The van der Waals surface area contributed by atoms with Crippen molar-refractivity contribution >= 4 is 0 Å². The number of aryl methyl sites for hydroxylation is 1. The number of likely N-dealkylation sites (N-methyl/N-ethyl adjacent to an activating group) is 1. The van der Waals surface area contributed by atoms with Crippen LogP contribution in [0.4, 0.5) is 8.78 Å². The molecule has 4 heteroatoms. The third kappa shape index (κ3) is 4.34. The standard InChI is InChI=1S/C17H20F2N2/c1-12-4-3-5-13(8-12)10-21(2)11-17(20)14-6-7-15(18)16(19)9-14/h3-9,17H,10-11,20H2,1-2H3. The van der Waals surface area contributed by atoms with E-state index in [1.165, 1.54) is 23.3 Å². The van der Waals surface area contributed by atoms with Crippen LogP contribution in [0.15, 0.2) is 42.5 Å². The van der Waals surface area contributed by atoms with Crippen LogP contribution >= 0.6 is 0 Å². The Kier molecular flexibility index (Phi) is 5.04. The fraction of sp³-hybridized carbons (Fsp3) is 0.294. The van der Waals surface area contributed by atoms with Crippen molar-refractivity contribution < 1.29 is 8.78 Å². The van der Waals surface area contributed by atoms with E-state index in [4.69, 9.17) is 5.73 Å². The van der Waals surface area contributed by atoms with Crippen LogP contribution in [0.1, 0.15) is 22.7 Å². The van der Waals surface area contributed by atoms with Crippen LogP contribution in [0.5, 0.6) is 0 Å². The van der Waals surface area contributed by atoms with Gasteiger partial charge in [0, 0.05) is 19.1 Å². The van der Waals surface area contributed by atoms with Crippen LogP contribution in [0.3, 0.4) is 0 Å². The van der Waals surface area contributed by atoms with Gasteiger partial charge in [-0.2, -0.15) is 0 Å². The van der Waals surface area contributed by atoms with Crippen LogP contribution in [0, 0.1) is 18.6 Å². The zero-order valence-electron chi connectivity index (χ0n) is 12.3. The lowest BCUT2D eigenvalue weighted by molar-refractivity contribution is 0.305. The zero-order chi connectivity index (χ0) is 15.4. The first-order chi connectivity index (χ1) is 9.95. The molecule has 1 atom stereocenters. The molecular formula is C17H20F2N2. The maximum Gasteiger partial charge on any atom is 0.159 e. The number of nitrogens with two attached hydrogens (primary N) is 1. The minimum absolute atomic E-state index is 0.352. The highest BCUT2D eigenvalue weighted by Gasteiger charge is 2.12. The van der Waals surface area contributed by atoms with Crippen LogP contribution in [0.25, 0.3) is 0 Å². The SMILES string of the molecule is Cc1cccc(CN(C)CC(N)c2ccc(F)c(F)c2)c1. The molecule has 0 aliphatic rings. The Morgan fingerprint density at radius 1 is 1.10 bits per heavy atom. The number of rotatable bonds is 5. The second kappa shape index (κ2) is 6.78. The lowest BCUT2D eigenvalue weighted by Crippen LogP contribution is -2.28. The van der Waals surface area contributed by atoms with Gasteiger partial charge in [-0.3, -0.25) is 0 Å². The summed E-state index contributed by atoms with van der Waals surface area (Å²) in [6.45, 7) is 3.38. The normalized spacial score (nSPS) is 12.7. The van der Waals surface area contributed by atoms with Crippen molar-refractivity contribution in [3.05, 3.63) is 70.8 Å². The first kappa shape index (κ1) is 15.6. The molecule has 0 saturated carbocycles. The third-order valence-electron chi connectivity index (χ3n) is 3.42. The van der Waals surface area contributed by atoms with Gasteiger partial charge in [-0.05, 0) is 37.2 Å². The van der Waals surface area contributed by atoms with Gasteiger partial charge < -0.3 is 10.6 Å². The molecule has 21 heavy (non-hydrogen) atoms. The maximum absolute atomic E-state index is 13.2. The summed E-state index contributed by atoms with van der Waals surface area (Å²) in [6.07, 6.45) is 0. The molecule has 0 fully saturated rings. The van der Waals surface area contributed by atoms with Gasteiger partial charge in [-0.1, -0.05) is 35.9 Å². The fourth-order valence-electron chi connectivity index (χ4n) is 2.37. The van der Waals surface area contributed by atoms with Gasteiger partial charge >= 0.3 is 0 Å². The molecular weight excluding hydrogens is 270 g/mol. The molecule has 0 bridgehead atoms. The summed E-state index contributed by atoms with van der Waals surface area (Å²) in [7, 11) is 1.96. The molecule has 0 heterocycles. The van der Waals surface area contributed by atoms with Crippen molar-refractivity contribution in [2.75, 3.05) is 13.6 Å². The van der Waals surface area contributed by atoms with Crippen LogP contribution in [0.2, 0.25) is 0 Å². The molecule has 112 valence electrons. The molecule has 0 saturated heterocycles. The van der Waals surface area contributed by atoms with Crippen molar-refractivity contribution in [1.82, 2.24) is 4.90 Å². The topological polar surface area (TPSA) is 29.3 Å². The molecule has 2 N–H and O–H groups in total. The van der Waals surface area contributed by atoms with Crippen LogP contribution < -0.4 is 5.73 Å². The predicted octanol–water partition coefficient (Wildman–Crippen LogP) is 3.41. The molecule has 2 aromatic carbocycles. The van der Waals surface area contributed by atoms with E-state index < -0.39 is 11.6 Å². The number of benzene rings is 2. The molecule has 0 aromatic heterocycles. The van der Waals surface area contributed by atoms with Gasteiger partial charge in [0.25, 0.3) is 0 Å². The summed E-state index contributed by atoms with van der Waals surface area (Å²) in [5.74, 6) is -1.71. The second-order valence-electron chi connectivity index (χ2n) is 5.47. The first-order valence-electron chi connectivity index (χ1n) is 6.90. The zero-order valence-corrected chi connectivity index (χ0v) is 12.3. The lowest BCUT2D eigenvalue weighted by atomic mass is 10.1. The van der Waals surface area contributed by atoms with Crippen molar-refractivity contribution in [3.63, 3.8) is 0 Å². The summed E-state index contributed by atoms with van der Waals surface area (Å²) in [4.78, 5) is 2.07. The predicted molar refractivity (Wildman–Crippen MR) is 80.8 cm³/mol. The number of hydrogen-bond donors (Lipinski definition) is 1. The molecule has 0 aliphatic carbocycles. The number of hydrogen-bond acceptors (Lipinski definition) is 2. The van der Waals surface area contributed by atoms with Gasteiger partial charge in [0.1, 0.15) is 0 Å². The van der Waals surface area contributed by atoms with Crippen molar-refractivity contribution in [3.8, 4) is 0 Å². The van der Waals surface area contributed by atoms with Crippen LogP contribution in [-0.2, 0) is 6.54 Å². The Bertz CT molecular complexity index is 613. The Hall–Kier alpha value is -1.78. The Balaban J connectivity index is 1.98. The number of nitrogens with zero attached hydrogens (tertiary/aromatic N) is 1. The molecule has 0 aliphatic heterocycles. The van der Waals surface area contributed by atoms with Gasteiger partial charge in [-0.15, -0.1) is 0 Å². The Morgan fingerprint density at radius 3 is 2.52 bits per heavy atom. The van der Waals surface area contributed by atoms with E-state index in [0.717, 1.165) is 12.6 Å². The molecule has 0 amide bonds. The monoisotopic (exact) mass is 290 g/mol. The molecule has 2 rings (SSSR count). The summed E-state index contributed by atoms with van der Waals surface area (Å²) >= 11 is 0. The average Bonchev–Trinajstić information content (AvgIpc) is 2.41. The van der Waals surface area contributed by atoms with E-state index in [1.807, 2.05) is 13.1 Å².